The number of carbonyl (C=O) groups excluding carboxylic acids is 1. The summed E-state index contributed by atoms with van der Waals surface area (Å²) in [6.07, 6.45) is -4.69. The number of ether oxygens (including phenoxy) is 2. The van der Waals surface area contributed by atoms with Crippen molar-refractivity contribution in [2.45, 2.75) is 32.8 Å². The lowest BCUT2D eigenvalue weighted by atomic mass is 10.0. The van der Waals surface area contributed by atoms with Gasteiger partial charge in [0.2, 0.25) is 0 Å². The third-order valence-electron chi connectivity index (χ3n) is 3.11. The highest BCUT2D eigenvalue weighted by Gasteiger charge is 2.30. The van der Waals surface area contributed by atoms with E-state index >= 15 is 0 Å². The molecular formula is C14H18F3NO3. The van der Waals surface area contributed by atoms with E-state index in [1.54, 1.807) is 6.92 Å². The number of esters is 1. The van der Waals surface area contributed by atoms with Crippen molar-refractivity contribution in [3.8, 4) is 5.75 Å². The summed E-state index contributed by atoms with van der Waals surface area (Å²) in [5.74, 6) is -0.894. The van der Waals surface area contributed by atoms with Crippen LogP contribution in [0, 0.1) is 5.92 Å². The zero-order valence-corrected chi connectivity index (χ0v) is 12.0. The molecule has 0 heterocycles. The fourth-order valence-corrected chi connectivity index (χ4v) is 1.65. The third-order valence-corrected chi connectivity index (χ3v) is 3.11. The number of hydrogen-bond donors (Lipinski definition) is 1. The van der Waals surface area contributed by atoms with Crippen LogP contribution in [0.25, 0.3) is 0 Å². The SMILES string of the molecule is COC(=O)C(C)C(C)NCc1ccc(OC(F)(F)F)cc1. The molecule has 2 unspecified atom stereocenters. The Labute approximate surface area is 121 Å². The largest absolute Gasteiger partial charge is 0.573 e. The maximum Gasteiger partial charge on any atom is 0.573 e. The smallest absolute Gasteiger partial charge is 0.469 e. The first-order valence-corrected chi connectivity index (χ1v) is 6.39. The second kappa shape index (κ2) is 7.31. The van der Waals surface area contributed by atoms with Crippen LogP contribution in [0.2, 0.25) is 0 Å². The number of methoxy groups -OCH3 is 1. The Bertz CT molecular complexity index is 460. The molecule has 0 spiro atoms. The minimum atomic E-state index is -4.69. The van der Waals surface area contributed by atoms with Crippen LogP contribution >= 0.6 is 0 Å². The van der Waals surface area contributed by atoms with Crippen molar-refractivity contribution in [3.63, 3.8) is 0 Å². The van der Waals surface area contributed by atoms with Crippen LogP contribution in [0.3, 0.4) is 0 Å². The van der Waals surface area contributed by atoms with E-state index in [1.165, 1.54) is 31.4 Å². The topological polar surface area (TPSA) is 47.6 Å². The Kier molecular flexibility index (Phi) is 6.02. The Balaban J connectivity index is 2.51. The van der Waals surface area contributed by atoms with E-state index in [9.17, 15) is 18.0 Å². The third kappa shape index (κ3) is 6.03. The van der Waals surface area contributed by atoms with Crippen LogP contribution < -0.4 is 10.1 Å². The van der Waals surface area contributed by atoms with Crippen LogP contribution in [0.4, 0.5) is 13.2 Å². The van der Waals surface area contributed by atoms with E-state index in [1.807, 2.05) is 6.92 Å². The van der Waals surface area contributed by atoms with Gasteiger partial charge in [0, 0.05) is 12.6 Å². The quantitative estimate of drug-likeness (QED) is 0.821. The van der Waals surface area contributed by atoms with E-state index < -0.39 is 6.36 Å². The summed E-state index contributed by atoms with van der Waals surface area (Å²) < 4.78 is 44.5. The summed E-state index contributed by atoms with van der Waals surface area (Å²) >= 11 is 0. The zero-order valence-electron chi connectivity index (χ0n) is 12.0. The number of alkyl halides is 3. The Morgan fingerprint density at radius 3 is 2.29 bits per heavy atom. The molecule has 0 saturated heterocycles. The summed E-state index contributed by atoms with van der Waals surface area (Å²) in [6, 6.07) is 5.44. The van der Waals surface area contributed by atoms with Gasteiger partial charge in [0.15, 0.2) is 0 Å². The van der Waals surface area contributed by atoms with Crippen LogP contribution in [0.1, 0.15) is 19.4 Å². The first-order valence-electron chi connectivity index (χ1n) is 6.39. The van der Waals surface area contributed by atoms with Gasteiger partial charge in [-0.1, -0.05) is 19.1 Å². The molecule has 118 valence electrons. The van der Waals surface area contributed by atoms with Gasteiger partial charge < -0.3 is 14.8 Å². The molecule has 0 radical (unpaired) electrons. The van der Waals surface area contributed by atoms with Crippen molar-refractivity contribution in [1.29, 1.82) is 0 Å². The normalized spacial score (nSPS) is 14.4. The van der Waals surface area contributed by atoms with Gasteiger partial charge in [-0.2, -0.15) is 0 Å². The van der Waals surface area contributed by atoms with E-state index in [-0.39, 0.29) is 23.7 Å². The average molecular weight is 305 g/mol. The van der Waals surface area contributed by atoms with Crippen molar-refractivity contribution < 1.29 is 27.4 Å². The number of benzene rings is 1. The lowest BCUT2D eigenvalue weighted by molar-refractivity contribution is -0.274. The Hall–Kier alpha value is -1.76. The molecule has 1 aromatic carbocycles. The monoisotopic (exact) mass is 305 g/mol. The van der Waals surface area contributed by atoms with E-state index in [2.05, 4.69) is 14.8 Å². The van der Waals surface area contributed by atoms with Crippen molar-refractivity contribution in [3.05, 3.63) is 29.8 Å². The number of carbonyl (C=O) groups is 1. The molecule has 0 aliphatic heterocycles. The highest BCUT2D eigenvalue weighted by Crippen LogP contribution is 2.22. The first-order chi connectivity index (χ1) is 9.73. The molecule has 0 aliphatic rings. The average Bonchev–Trinajstić information content (AvgIpc) is 2.42. The number of halogens is 3. The van der Waals surface area contributed by atoms with Crippen LogP contribution in [0.15, 0.2) is 24.3 Å². The summed E-state index contributed by atoms with van der Waals surface area (Å²) in [5, 5.41) is 3.12. The predicted octanol–water partition coefficient (Wildman–Crippen LogP) is 2.87. The highest BCUT2D eigenvalue weighted by molar-refractivity contribution is 5.72. The summed E-state index contributed by atoms with van der Waals surface area (Å²) in [6.45, 7) is 4.00. The van der Waals surface area contributed by atoms with Crippen LogP contribution in [0.5, 0.6) is 5.75 Å². The molecule has 21 heavy (non-hydrogen) atoms. The first kappa shape index (κ1) is 17.3. The van der Waals surface area contributed by atoms with Gasteiger partial charge in [-0.25, -0.2) is 0 Å². The fraction of sp³-hybridized carbons (Fsp3) is 0.500. The zero-order chi connectivity index (χ0) is 16.0. The summed E-state index contributed by atoms with van der Waals surface area (Å²) in [7, 11) is 1.32. The number of rotatable bonds is 6. The second-order valence-electron chi connectivity index (χ2n) is 4.67. The molecule has 0 bridgehead atoms. The maximum atomic E-state index is 12.0. The van der Waals surface area contributed by atoms with Gasteiger partial charge in [0.25, 0.3) is 0 Å². The van der Waals surface area contributed by atoms with Crippen molar-refractivity contribution in [2.24, 2.45) is 5.92 Å². The van der Waals surface area contributed by atoms with E-state index in [4.69, 9.17) is 0 Å². The molecule has 1 rings (SSSR count). The standard InChI is InChI=1S/C14H18F3NO3/c1-9(13(19)20-3)10(2)18-8-11-4-6-12(7-5-11)21-14(15,16)17/h4-7,9-10,18H,8H2,1-3H3. The van der Waals surface area contributed by atoms with Crippen molar-refractivity contribution >= 4 is 5.97 Å². The Morgan fingerprint density at radius 2 is 1.81 bits per heavy atom. The molecule has 0 saturated carbocycles. The van der Waals surface area contributed by atoms with Crippen molar-refractivity contribution in [2.75, 3.05) is 7.11 Å². The number of hydrogen-bond acceptors (Lipinski definition) is 4. The van der Waals surface area contributed by atoms with Gasteiger partial charge in [0.1, 0.15) is 5.75 Å². The number of nitrogens with one attached hydrogen (secondary N) is 1. The summed E-state index contributed by atoms with van der Waals surface area (Å²) in [4.78, 5) is 11.4. The summed E-state index contributed by atoms with van der Waals surface area (Å²) in [5.41, 5.74) is 0.786. The molecule has 7 heteroatoms. The molecule has 1 N–H and O–H groups in total. The van der Waals surface area contributed by atoms with E-state index in [0.717, 1.165) is 5.56 Å². The van der Waals surface area contributed by atoms with Crippen LogP contribution in [-0.2, 0) is 16.1 Å². The van der Waals surface area contributed by atoms with Gasteiger partial charge in [-0.15, -0.1) is 13.2 Å². The Morgan fingerprint density at radius 1 is 1.24 bits per heavy atom. The van der Waals surface area contributed by atoms with Gasteiger partial charge in [-0.05, 0) is 24.6 Å². The molecule has 0 fully saturated rings. The van der Waals surface area contributed by atoms with Gasteiger partial charge in [-0.3, -0.25) is 4.79 Å². The maximum absolute atomic E-state index is 12.0. The minimum absolute atomic E-state index is 0.122. The predicted molar refractivity (Wildman–Crippen MR) is 70.6 cm³/mol. The molecule has 0 aromatic heterocycles. The molecule has 0 aliphatic carbocycles. The lowest BCUT2D eigenvalue weighted by Crippen LogP contribution is -2.36. The second-order valence-corrected chi connectivity index (χ2v) is 4.67. The van der Waals surface area contributed by atoms with Crippen LogP contribution in [-0.4, -0.2) is 25.5 Å². The molecule has 2 atom stereocenters. The van der Waals surface area contributed by atoms with E-state index in [0.29, 0.717) is 6.54 Å². The van der Waals surface area contributed by atoms with Crippen molar-refractivity contribution in [1.82, 2.24) is 5.32 Å². The minimum Gasteiger partial charge on any atom is -0.469 e. The molecule has 0 amide bonds. The lowest BCUT2D eigenvalue weighted by Gasteiger charge is -2.19. The highest BCUT2D eigenvalue weighted by atomic mass is 19.4. The molecule has 1 aromatic rings. The van der Waals surface area contributed by atoms with Gasteiger partial charge in [0.05, 0.1) is 13.0 Å². The molecular weight excluding hydrogens is 287 g/mol. The van der Waals surface area contributed by atoms with Gasteiger partial charge >= 0.3 is 12.3 Å². The fourth-order valence-electron chi connectivity index (χ4n) is 1.65. The molecule has 4 nitrogen and oxygen atoms in total.